The quantitative estimate of drug-likeness (QED) is 0.336. The molecule has 186 valence electrons. The van der Waals surface area contributed by atoms with Crippen molar-refractivity contribution in [1.29, 1.82) is 0 Å². The van der Waals surface area contributed by atoms with Crippen LogP contribution in [0.4, 0.5) is 21.9 Å². The standard InChI is InChI=1S/C29H25N3O5/c1-35-20-12-10-19(11-13-20)30-29(34)32-23-7-3-2-6-21(23)31-22-16-18(25-8-4-14-36-25)17-24(33)27(22)28(32)26-9-5-15-37-26/h2-15,18,28,31H,16-17H2,1H3,(H,30,34)/t18-,28+/m1/s1. The number of carbonyl (C=O) groups excluding carboxylic acids is 2. The molecule has 2 atom stereocenters. The summed E-state index contributed by atoms with van der Waals surface area (Å²) in [5, 5.41) is 6.45. The third kappa shape index (κ3) is 4.16. The van der Waals surface area contributed by atoms with Gasteiger partial charge in [-0.05, 0) is 67.1 Å². The molecule has 3 heterocycles. The number of benzene rings is 2. The van der Waals surface area contributed by atoms with Gasteiger partial charge in [0.1, 0.15) is 23.3 Å². The molecule has 6 rings (SSSR count). The van der Waals surface area contributed by atoms with Crippen molar-refractivity contribution in [2.45, 2.75) is 24.8 Å². The van der Waals surface area contributed by atoms with Gasteiger partial charge in [-0.15, -0.1) is 0 Å². The summed E-state index contributed by atoms with van der Waals surface area (Å²) >= 11 is 0. The second-order valence-electron chi connectivity index (χ2n) is 9.02. The minimum atomic E-state index is -0.760. The highest BCUT2D eigenvalue weighted by atomic mass is 16.5. The average Bonchev–Trinajstić information content (AvgIpc) is 3.62. The zero-order valence-electron chi connectivity index (χ0n) is 20.1. The summed E-state index contributed by atoms with van der Waals surface area (Å²) in [6.45, 7) is 0. The van der Waals surface area contributed by atoms with Crippen molar-refractivity contribution >= 4 is 28.9 Å². The van der Waals surface area contributed by atoms with Crippen molar-refractivity contribution in [3.8, 4) is 5.75 Å². The number of furan rings is 2. The number of fused-ring (bicyclic) bond motifs is 1. The van der Waals surface area contributed by atoms with Gasteiger partial charge in [-0.2, -0.15) is 0 Å². The van der Waals surface area contributed by atoms with Crippen molar-refractivity contribution < 1.29 is 23.2 Å². The fourth-order valence-corrected chi connectivity index (χ4v) is 5.11. The molecule has 1 aliphatic carbocycles. The zero-order chi connectivity index (χ0) is 25.4. The number of ether oxygens (including phenoxy) is 1. The summed E-state index contributed by atoms with van der Waals surface area (Å²) in [4.78, 5) is 29.3. The molecule has 2 aromatic carbocycles. The molecule has 2 N–H and O–H groups in total. The summed E-state index contributed by atoms with van der Waals surface area (Å²) < 4.78 is 16.7. The molecular formula is C29H25N3O5. The van der Waals surface area contributed by atoms with E-state index in [-0.39, 0.29) is 18.1 Å². The van der Waals surface area contributed by atoms with Gasteiger partial charge < -0.3 is 24.2 Å². The Morgan fingerprint density at radius 1 is 0.946 bits per heavy atom. The van der Waals surface area contributed by atoms with E-state index < -0.39 is 12.1 Å². The van der Waals surface area contributed by atoms with Crippen molar-refractivity contribution in [3.63, 3.8) is 0 Å². The number of nitrogens with one attached hydrogen (secondary N) is 2. The molecule has 0 saturated carbocycles. The molecule has 8 heteroatoms. The molecule has 0 bridgehead atoms. The van der Waals surface area contributed by atoms with Crippen LogP contribution in [0.3, 0.4) is 0 Å². The van der Waals surface area contributed by atoms with E-state index >= 15 is 0 Å². The molecular weight excluding hydrogens is 470 g/mol. The van der Waals surface area contributed by atoms with E-state index in [9.17, 15) is 9.59 Å². The smallest absolute Gasteiger partial charge is 0.327 e. The van der Waals surface area contributed by atoms with Crippen LogP contribution in [0.1, 0.15) is 36.3 Å². The van der Waals surface area contributed by atoms with Crippen LogP contribution in [-0.4, -0.2) is 18.9 Å². The number of rotatable bonds is 4. The number of methoxy groups -OCH3 is 1. The van der Waals surface area contributed by atoms with E-state index in [2.05, 4.69) is 10.6 Å². The number of urea groups is 1. The summed E-state index contributed by atoms with van der Waals surface area (Å²) in [6, 6.07) is 20.7. The number of allylic oxidation sites excluding steroid dienone is 1. The lowest BCUT2D eigenvalue weighted by molar-refractivity contribution is -0.116. The Kier molecular flexibility index (Phi) is 5.76. The van der Waals surface area contributed by atoms with Gasteiger partial charge in [0.2, 0.25) is 0 Å². The lowest BCUT2D eigenvalue weighted by atomic mass is 9.81. The van der Waals surface area contributed by atoms with Crippen LogP contribution < -0.4 is 20.3 Å². The summed E-state index contributed by atoms with van der Waals surface area (Å²) in [6.07, 6.45) is 4.01. The summed E-state index contributed by atoms with van der Waals surface area (Å²) in [5.41, 5.74) is 3.22. The maximum Gasteiger partial charge on any atom is 0.327 e. The van der Waals surface area contributed by atoms with Gasteiger partial charge in [0, 0.05) is 29.3 Å². The number of Topliss-reactive ketones (excluding diaryl/α,β-unsaturated/α-hetero) is 1. The van der Waals surface area contributed by atoms with Gasteiger partial charge in [-0.25, -0.2) is 4.79 Å². The minimum absolute atomic E-state index is 0.0633. The molecule has 4 aromatic rings. The first-order valence-corrected chi connectivity index (χ1v) is 12.1. The summed E-state index contributed by atoms with van der Waals surface area (Å²) in [7, 11) is 1.59. The van der Waals surface area contributed by atoms with Crippen LogP contribution in [0.25, 0.3) is 0 Å². The molecule has 0 unspecified atom stereocenters. The van der Waals surface area contributed by atoms with Crippen LogP contribution in [0.5, 0.6) is 5.75 Å². The number of nitrogens with zero attached hydrogens (tertiary/aromatic N) is 1. The average molecular weight is 496 g/mol. The molecule has 0 saturated heterocycles. The lowest BCUT2D eigenvalue weighted by Gasteiger charge is -2.33. The molecule has 2 amide bonds. The van der Waals surface area contributed by atoms with E-state index in [0.717, 1.165) is 17.1 Å². The van der Waals surface area contributed by atoms with Crippen LogP contribution in [0, 0.1) is 0 Å². The van der Waals surface area contributed by atoms with Crippen molar-refractivity contribution in [1.82, 2.24) is 0 Å². The minimum Gasteiger partial charge on any atom is -0.497 e. The number of hydrogen-bond donors (Lipinski definition) is 2. The predicted octanol–water partition coefficient (Wildman–Crippen LogP) is 6.49. The van der Waals surface area contributed by atoms with Gasteiger partial charge in [0.25, 0.3) is 0 Å². The highest BCUT2D eigenvalue weighted by Gasteiger charge is 2.43. The Labute approximate surface area is 213 Å². The molecule has 37 heavy (non-hydrogen) atoms. The largest absolute Gasteiger partial charge is 0.497 e. The van der Waals surface area contributed by atoms with Gasteiger partial charge >= 0.3 is 6.03 Å². The molecule has 1 aliphatic heterocycles. The fraction of sp³-hybridized carbons (Fsp3) is 0.172. The zero-order valence-corrected chi connectivity index (χ0v) is 20.1. The molecule has 2 aromatic heterocycles. The number of amides is 2. The second-order valence-corrected chi connectivity index (χ2v) is 9.02. The first-order chi connectivity index (χ1) is 18.1. The Morgan fingerprint density at radius 3 is 2.38 bits per heavy atom. The molecule has 0 radical (unpaired) electrons. The molecule has 0 fully saturated rings. The van der Waals surface area contributed by atoms with E-state index in [1.807, 2.05) is 36.4 Å². The Hall–Kier alpha value is -4.72. The Balaban J connectivity index is 1.47. The van der Waals surface area contributed by atoms with Gasteiger partial charge in [0.05, 0.1) is 31.0 Å². The van der Waals surface area contributed by atoms with Crippen LogP contribution in [0.15, 0.2) is 105 Å². The van der Waals surface area contributed by atoms with Crippen LogP contribution in [0.2, 0.25) is 0 Å². The Morgan fingerprint density at radius 2 is 1.68 bits per heavy atom. The first kappa shape index (κ1) is 22.7. The number of para-hydroxylation sites is 2. The predicted molar refractivity (Wildman–Crippen MR) is 139 cm³/mol. The van der Waals surface area contributed by atoms with E-state index in [4.69, 9.17) is 13.6 Å². The van der Waals surface area contributed by atoms with Gasteiger partial charge in [0.15, 0.2) is 5.78 Å². The lowest BCUT2D eigenvalue weighted by Crippen LogP contribution is -2.40. The molecule has 8 nitrogen and oxygen atoms in total. The number of hydrogen-bond acceptors (Lipinski definition) is 6. The maximum absolute atomic E-state index is 13.9. The maximum atomic E-state index is 13.9. The third-order valence-electron chi connectivity index (χ3n) is 6.81. The SMILES string of the molecule is COc1ccc(NC(=O)N2c3ccccc3NC3=C(C(=O)C[C@H](c4ccco4)C3)[C@@H]2c2ccco2)cc1. The van der Waals surface area contributed by atoms with Crippen LogP contribution in [-0.2, 0) is 4.79 Å². The Bertz CT molecular complexity index is 1460. The van der Waals surface area contributed by atoms with Gasteiger partial charge in [-0.3, -0.25) is 9.69 Å². The van der Waals surface area contributed by atoms with Crippen LogP contribution >= 0.6 is 0 Å². The number of anilines is 3. The summed E-state index contributed by atoms with van der Waals surface area (Å²) in [5.74, 6) is 1.79. The van der Waals surface area contributed by atoms with Crippen molar-refractivity contribution in [2.24, 2.45) is 0 Å². The number of carbonyl (C=O) groups is 2. The van der Waals surface area contributed by atoms with E-state index in [1.165, 1.54) is 0 Å². The first-order valence-electron chi connectivity index (χ1n) is 12.1. The molecule has 2 aliphatic rings. The van der Waals surface area contributed by atoms with E-state index in [0.29, 0.717) is 34.9 Å². The van der Waals surface area contributed by atoms with E-state index in [1.54, 1.807) is 60.9 Å². The number of ketones is 1. The van der Waals surface area contributed by atoms with Crippen molar-refractivity contribution in [3.05, 3.63) is 108 Å². The highest BCUT2D eigenvalue weighted by molar-refractivity contribution is 6.09. The van der Waals surface area contributed by atoms with Crippen molar-refractivity contribution in [2.75, 3.05) is 22.6 Å². The monoisotopic (exact) mass is 495 g/mol. The normalized spacial score (nSPS) is 18.9. The second kappa shape index (κ2) is 9.39. The van der Waals surface area contributed by atoms with Gasteiger partial charge in [-0.1, -0.05) is 12.1 Å². The fourth-order valence-electron chi connectivity index (χ4n) is 5.11. The third-order valence-corrected chi connectivity index (χ3v) is 6.81. The topological polar surface area (TPSA) is 97.0 Å². The highest BCUT2D eigenvalue weighted by Crippen LogP contribution is 2.47. The molecule has 0 spiro atoms.